The molecule has 2 aromatic carbocycles. The quantitative estimate of drug-likeness (QED) is 0.231. The zero-order valence-electron chi connectivity index (χ0n) is 19.1. The van der Waals surface area contributed by atoms with Crippen molar-refractivity contribution in [3.05, 3.63) is 73.7 Å². The third-order valence-electron chi connectivity index (χ3n) is 4.92. The zero-order valence-corrected chi connectivity index (χ0v) is 21.4. The monoisotopic (exact) mass is 628 g/mol. The summed E-state index contributed by atoms with van der Waals surface area (Å²) in [5, 5.41) is 2.79. The molecule has 2 N–H and O–H groups in total. The largest absolute Gasteiger partial charge is 0.417 e. The first kappa shape index (κ1) is 32.6. The van der Waals surface area contributed by atoms with Gasteiger partial charge in [-0.1, -0.05) is 53.0 Å². The molecule has 0 aromatic heterocycles. The Bertz CT molecular complexity index is 1220. The number of benzene rings is 2. The molecule has 0 spiro atoms. The maximum Gasteiger partial charge on any atom is 0.417 e. The second kappa shape index (κ2) is 12.7. The van der Waals surface area contributed by atoms with E-state index in [1.54, 1.807) is 0 Å². The van der Waals surface area contributed by atoms with Crippen LogP contribution < -0.4 is 10.6 Å². The van der Waals surface area contributed by atoms with Crippen LogP contribution in [-0.2, 0) is 11.0 Å². The number of carbonyl (C=O) groups is 2. The molecule has 2 amide bonds. The van der Waals surface area contributed by atoms with Crippen LogP contribution >= 0.6 is 34.8 Å². The average Bonchev–Trinajstić information content (AvgIpc) is 2.79. The molecule has 2 aromatic rings. The van der Waals surface area contributed by atoms with Gasteiger partial charge in [0.25, 0.3) is 5.91 Å². The van der Waals surface area contributed by atoms with Crippen molar-refractivity contribution in [2.75, 3.05) is 13.1 Å². The minimum absolute atomic E-state index is 0.183. The van der Waals surface area contributed by atoms with Crippen LogP contribution in [0, 0.1) is 0 Å². The van der Waals surface area contributed by atoms with Crippen molar-refractivity contribution in [3.8, 4) is 0 Å². The first-order valence-electron chi connectivity index (χ1n) is 10.5. The molecule has 0 aliphatic rings. The summed E-state index contributed by atoms with van der Waals surface area (Å²) >= 11 is 17.4. The summed E-state index contributed by atoms with van der Waals surface area (Å²) < 4.78 is 118. The number of allylic oxidation sites excluding steroid dienone is 1. The molecule has 0 heterocycles. The van der Waals surface area contributed by atoms with Crippen LogP contribution in [0.2, 0.25) is 15.1 Å². The molecule has 1 atom stereocenters. The molecule has 0 aliphatic carbocycles. The average molecular weight is 630 g/mol. The number of hydrogen-bond acceptors (Lipinski definition) is 2. The van der Waals surface area contributed by atoms with E-state index in [9.17, 15) is 49.1 Å². The second-order valence-corrected chi connectivity index (χ2v) is 9.07. The summed E-state index contributed by atoms with van der Waals surface area (Å²) in [6.45, 7) is -2.21. The van der Waals surface area contributed by atoms with E-state index in [0.29, 0.717) is 18.2 Å². The summed E-state index contributed by atoms with van der Waals surface area (Å²) in [6.07, 6.45) is -14.0. The standard InChI is InChI=1S/C23H16Cl3F9N2O2/c24-16-8-12(9-17(25)19(16)26)14(22(30,31)32)4-2-11-1-3-13(15(7-11)23(33,34)35)20(39)36-6-5-18(38)37-10-21(27,28)29/h1-4,7-9,14H,5-6,10H2,(H,36,39)(H,37,38)/b4-2+. The maximum absolute atomic E-state index is 13.7. The predicted molar refractivity (Wildman–Crippen MR) is 127 cm³/mol. The first-order valence-corrected chi connectivity index (χ1v) is 11.6. The van der Waals surface area contributed by atoms with E-state index >= 15 is 0 Å². The number of hydrogen-bond donors (Lipinski definition) is 2. The van der Waals surface area contributed by atoms with E-state index in [1.165, 1.54) is 5.32 Å². The van der Waals surface area contributed by atoms with E-state index in [0.717, 1.165) is 24.3 Å². The van der Waals surface area contributed by atoms with Crippen molar-refractivity contribution in [2.24, 2.45) is 0 Å². The SMILES string of the molecule is O=C(CCNC(=O)c1ccc(/C=C/C(c2cc(Cl)c(Cl)c(Cl)c2)C(F)(F)F)cc1C(F)(F)F)NCC(F)(F)F. The van der Waals surface area contributed by atoms with Gasteiger partial charge in [-0.3, -0.25) is 9.59 Å². The number of halogens is 12. The van der Waals surface area contributed by atoms with Crippen LogP contribution in [0.1, 0.15) is 39.4 Å². The van der Waals surface area contributed by atoms with Crippen LogP contribution in [-0.4, -0.2) is 37.3 Å². The molecular weight excluding hydrogens is 614 g/mol. The number of rotatable bonds is 8. The van der Waals surface area contributed by atoms with Crippen LogP contribution in [0.4, 0.5) is 39.5 Å². The lowest BCUT2D eigenvalue weighted by Crippen LogP contribution is -2.36. The molecule has 0 bridgehead atoms. The fraction of sp³-hybridized carbons (Fsp3) is 0.304. The molecule has 0 fully saturated rings. The predicted octanol–water partition coefficient (Wildman–Crippen LogP) is 7.82. The Morgan fingerprint density at radius 2 is 1.46 bits per heavy atom. The maximum atomic E-state index is 13.7. The minimum atomic E-state index is -5.11. The highest BCUT2D eigenvalue weighted by molar-refractivity contribution is 6.48. The Labute approximate surface area is 230 Å². The van der Waals surface area contributed by atoms with Gasteiger partial charge in [0.05, 0.1) is 32.1 Å². The van der Waals surface area contributed by atoms with Crippen LogP contribution in [0.25, 0.3) is 6.08 Å². The molecule has 2 rings (SSSR count). The lowest BCUT2D eigenvalue weighted by atomic mass is 9.96. The Morgan fingerprint density at radius 1 is 0.872 bits per heavy atom. The van der Waals surface area contributed by atoms with Crippen molar-refractivity contribution >= 4 is 52.7 Å². The summed E-state index contributed by atoms with van der Waals surface area (Å²) in [5.41, 5.74) is -3.18. The fourth-order valence-electron chi connectivity index (χ4n) is 3.14. The Kier molecular flexibility index (Phi) is 10.6. The van der Waals surface area contributed by atoms with Gasteiger partial charge in [0.1, 0.15) is 6.54 Å². The molecule has 0 saturated heterocycles. The topological polar surface area (TPSA) is 58.2 Å². The van der Waals surface area contributed by atoms with Crippen molar-refractivity contribution in [2.45, 2.75) is 30.9 Å². The molecule has 39 heavy (non-hydrogen) atoms. The third-order valence-corrected chi connectivity index (χ3v) is 6.11. The number of nitrogens with one attached hydrogen (secondary N) is 2. The second-order valence-electron chi connectivity index (χ2n) is 7.88. The van der Waals surface area contributed by atoms with Gasteiger partial charge in [0, 0.05) is 13.0 Å². The van der Waals surface area contributed by atoms with E-state index in [2.05, 4.69) is 0 Å². The van der Waals surface area contributed by atoms with Crippen LogP contribution in [0.15, 0.2) is 36.4 Å². The van der Waals surface area contributed by atoms with E-state index < -0.39 is 72.5 Å². The highest BCUT2D eigenvalue weighted by Crippen LogP contribution is 2.41. The molecule has 0 saturated carbocycles. The van der Waals surface area contributed by atoms with Crippen molar-refractivity contribution in [3.63, 3.8) is 0 Å². The van der Waals surface area contributed by atoms with E-state index in [1.807, 2.05) is 5.32 Å². The Hall–Kier alpha value is -2.64. The minimum Gasteiger partial charge on any atom is -0.352 e. The summed E-state index contributed by atoms with van der Waals surface area (Å²) in [7, 11) is 0. The van der Waals surface area contributed by atoms with Crippen molar-refractivity contribution < 1.29 is 49.1 Å². The van der Waals surface area contributed by atoms with E-state index in [4.69, 9.17) is 34.8 Å². The molecular formula is C23H16Cl3F9N2O2. The van der Waals surface area contributed by atoms with Gasteiger partial charge in [-0.05, 0) is 35.4 Å². The molecule has 0 aliphatic heterocycles. The highest BCUT2D eigenvalue weighted by Gasteiger charge is 2.40. The summed E-state index contributed by atoms with van der Waals surface area (Å²) in [4.78, 5) is 23.7. The molecule has 16 heteroatoms. The van der Waals surface area contributed by atoms with Gasteiger partial charge in [0.2, 0.25) is 5.91 Å². The smallest absolute Gasteiger partial charge is 0.352 e. The van der Waals surface area contributed by atoms with Gasteiger partial charge in [-0.25, -0.2) is 0 Å². The Balaban J connectivity index is 2.27. The Morgan fingerprint density at radius 3 is 1.97 bits per heavy atom. The number of alkyl halides is 9. The van der Waals surface area contributed by atoms with Gasteiger partial charge in [-0.15, -0.1) is 0 Å². The van der Waals surface area contributed by atoms with Crippen LogP contribution in [0.5, 0.6) is 0 Å². The number of amides is 2. The first-order chi connectivity index (χ1) is 17.8. The van der Waals surface area contributed by atoms with Gasteiger partial charge in [-0.2, -0.15) is 39.5 Å². The van der Waals surface area contributed by atoms with Crippen molar-refractivity contribution in [1.82, 2.24) is 10.6 Å². The number of carbonyl (C=O) groups excluding carboxylic acids is 2. The third kappa shape index (κ3) is 9.80. The summed E-state index contributed by atoms with van der Waals surface area (Å²) in [6, 6.07) is 3.93. The molecule has 1 unspecified atom stereocenters. The fourth-order valence-corrected chi connectivity index (χ4v) is 3.75. The highest BCUT2D eigenvalue weighted by atomic mass is 35.5. The van der Waals surface area contributed by atoms with Gasteiger partial charge in [0.15, 0.2) is 0 Å². The van der Waals surface area contributed by atoms with E-state index in [-0.39, 0.29) is 20.6 Å². The normalized spacial score (nSPS) is 13.4. The summed E-state index contributed by atoms with van der Waals surface area (Å²) in [5.74, 6) is -4.74. The lowest BCUT2D eigenvalue weighted by Gasteiger charge is -2.19. The molecule has 0 radical (unpaired) electrons. The molecule has 214 valence electrons. The van der Waals surface area contributed by atoms with Gasteiger partial charge >= 0.3 is 18.5 Å². The zero-order chi connectivity index (χ0) is 29.8. The van der Waals surface area contributed by atoms with Gasteiger partial charge < -0.3 is 10.6 Å². The molecule has 4 nitrogen and oxygen atoms in total. The van der Waals surface area contributed by atoms with Crippen LogP contribution in [0.3, 0.4) is 0 Å². The lowest BCUT2D eigenvalue weighted by molar-refractivity contribution is -0.139. The van der Waals surface area contributed by atoms with Crippen molar-refractivity contribution in [1.29, 1.82) is 0 Å².